The summed E-state index contributed by atoms with van der Waals surface area (Å²) in [5.41, 5.74) is 7.60. The van der Waals surface area contributed by atoms with Gasteiger partial charge < -0.3 is 25.6 Å². The molecule has 0 heterocycles. The van der Waals surface area contributed by atoms with E-state index in [1.54, 1.807) is 67.2 Å². The van der Waals surface area contributed by atoms with E-state index >= 15 is 0 Å². The molecule has 0 saturated carbocycles. The average molecular weight is 665 g/mol. The molecular weight excluding hydrogens is 638 g/mol. The summed E-state index contributed by atoms with van der Waals surface area (Å²) in [6, 6.07) is 17.4. The zero-order chi connectivity index (χ0) is 27.7. The standard InChI is InChI=1S/C27H27Br2N3O5S/c1-3-36-23(12-13-24(33)32-22-7-5-4-6-21(22)30)26(19-14-16(28)15-20(29)25(19)34)37-27(35)31-17-8-10-18(38-2)11-9-17/h4-15,23,26,34H,3,30H2,1-2H3,(H,31,35)(H,32,33)/b13-12+/t23-,26-/m0/s1. The molecule has 2 amide bonds. The van der Waals surface area contributed by atoms with E-state index in [0.717, 1.165) is 4.90 Å². The summed E-state index contributed by atoms with van der Waals surface area (Å²) in [7, 11) is 0. The molecule has 200 valence electrons. The lowest BCUT2D eigenvalue weighted by Crippen LogP contribution is -2.28. The van der Waals surface area contributed by atoms with Gasteiger partial charge in [-0.1, -0.05) is 28.1 Å². The molecular formula is C27H27Br2N3O5S. The second-order valence-corrected chi connectivity index (χ2v) is 10.5. The lowest BCUT2D eigenvalue weighted by Gasteiger charge is -2.26. The third-order valence-corrected chi connectivity index (χ3v) is 7.05. The van der Waals surface area contributed by atoms with Gasteiger partial charge in [-0.05, 0) is 83.7 Å². The van der Waals surface area contributed by atoms with Gasteiger partial charge in [0, 0.05) is 33.3 Å². The number of nitrogens with two attached hydrogens (primary N) is 1. The Kier molecular flexibility index (Phi) is 11.1. The number of thioether (sulfide) groups is 1. The maximum atomic E-state index is 12.9. The van der Waals surface area contributed by atoms with Crippen molar-refractivity contribution >= 4 is 72.7 Å². The van der Waals surface area contributed by atoms with E-state index in [1.807, 2.05) is 18.4 Å². The average Bonchev–Trinajstić information content (AvgIpc) is 2.89. The molecule has 2 atom stereocenters. The Bertz CT molecular complexity index is 1300. The number of anilines is 3. The molecule has 0 bridgehead atoms. The number of hydrogen-bond donors (Lipinski definition) is 4. The number of hydrogen-bond acceptors (Lipinski definition) is 7. The minimum atomic E-state index is -1.11. The lowest BCUT2D eigenvalue weighted by atomic mass is 10.0. The number of nitrogen functional groups attached to an aromatic ring is 1. The van der Waals surface area contributed by atoms with Crippen LogP contribution in [0.1, 0.15) is 18.6 Å². The molecule has 38 heavy (non-hydrogen) atoms. The minimum absolute atomic E-state index is 0.130. The molecule has 3 aromatic carbocycles. The zero-order valence-electron chi connectivity index (χ0n) is 20.6. The molecule has 0 fully saturated rings. The van der Waals surface area contributed by atoms with Crippen LogP contribution in [-0.2, 0) is 14.3 Å². The largest absolute Gasteiger partial charge is 0.506 e. The molecule has 5 N–H and O–H groups in total. The van der Waals surface area contributed by atoms with Crippen LogP contribution in [0.4, 0.5) is 21.9 Å². The Balaban J connectivity index is 1.89. The van der Waals surface area contributed by atoms with Gasteiger partial charge in [-0.25, -0.2) is 4.79 Å². The van der Waals surface area contributed by atoms with Crippen LogP contribution in [-0.4, -0.2) is 36.1 Å². The van der Waals surface area contributed by atoms with E-state index in [0.29, 0.717) is 26.0 Å². The van der Waals surface area contributed by atoms with Crippen molar-refractivity contribution in [3.8, 4) is 5.75 Å². The van der Waals surface area contributed by atoms with Crippen LogP contribution in [0.3, 0.4) is 0 Å². The number of phenolic OH excluding ortho intramolecular Hbond substituents is 1. The molecule has 0 saturated heterocycles. The zero-order valence-corrected chi connectivity index (χ0v) is 24.6. The Hall–Kier alpha value is -2.99. The number of aromatic hydroxyl groups is 1. The number of para-hydroxylation sites is 2. The first-order valence-electron chi connectivity index (χ1n) is 11.5. The highest BCUT2D eigenvalue weighted by atomic mass is 79.9. The minimum Gasteiger partial charge on any atom is -0.506 e. The van der Waals surface area contributed by atoms with Crippen molar-refractivity contribution in [3.05, 3.63) is 87.3 Å². The third-order valence-electron chi connectivity index (χ3n) is 5.25. The summed E-state index contributed by atoms with van der Waals surface area (Å²) < 4.78 is 12.7. The van der Waals surface area contributed by atoms with Crippen LogP contribution < -0.4 is 16.4 Å². The Morgan fingerprint density at radius 3 is 2.47 bits per heavy atom. The lowest BCUT2D eigenvalue weighted by molar-refractivity contribution is -0.112. The highest BCUT2D eigenvalue weighted by Crippen LogP contribution is 2.39. The molecule has 0 spiro atoms. The van der Waals surface area contributed by atoms with E-state index in [1.165, 1.54) is 12.2 Å². The predicted octanol–water partition coefficient (Wildman–Crippen LogP) is 7.11. The quantitative estimate of drug-likeness (QED) is 0.103. The van der Waals surface area contributed by atoms with Crippen LogP contribution in [0, 0.1) is 0 Å². The van der Waals surface area contributed by atoms with E-state index in [4.69, 9.17) is 15.2 Å². The molecule has 0 aliphatic rings. The number of amides is 2. The summed E-state index contributed by atoms with van der Waals surface area (Å²) in [5, 5.41) is 16.2. The maximum absolute atomic E-state index is 12.9. The normalized spacial score (nSPS) is 12.6. The Labute approximate surface area is 242 Å². The van der Waals surface area contributed by atoms with Crippen LogP contribution in [0.25, 0.3) is 0 Å². The molecule has 0 aliphatic heterocycles. The van der Waals surface area contributed by atoms with E-state index < -0.39 is 24.2 Å². The molecule has 8 nitrogen and oxygen atoms in total. The molecule has 0 aromatic heterocycles. The van der Waals surface area contributed by atoms with Gasteiger partial charge >= 0.3 is 6.09 Å². The molecule has 0 radical (unpaired) electrons. The van der Waals surface area contributed by atoms with Gasteiger partial charge in [0.15, 0.2) is 6.10 Å². The van der Waals surface area contributed by atoms with Crippen LogP contribution in [0.2, 0.25) is 0 Å². The summed E-state index contributed by atoms with van der Waals surface area (Å²) in [6.07, 6.45) is 1.90. The van der Waals surface area contributed by atoms with Gasteiger partial charge in [-0.15, -0.1) is 11.8 Å². The summed E-state index contributed by atoms with van der Waals surface area (Å²) in [5.74, 6) is -0.584. The SMILES string of the molecule is CCO[C@@H](/C=C/C(=O)Nc1ccccc1N)[C@@H](OC(=O)Nc1ccc(SC)cc1)c1cc(Br)cc(Br)c1O. The van der Waals surface area contributed by atoms with Gasteiger partial charge in [0.05, 0.1) is 15.8 Å². The highest BCUT2D eigenvalue weighted by Gasteiger charge is 2.30. The third kappa shape index (κ3) is 8.26. The van der Waals surface area contributed by atoms with Crippen molar-refractivity contribution < 1.29 is 24.2 Å². The van der Waals surface area contributed by atoms with Crippen LogP contribution >= 0.6 is 43.6 Å². The summed E-state index contributed by atoms with van der Waals surface area (Å²) in [6.45, 7) is 2.02. The van der Waals surface area contributed by atoms with Crippen molar-refractivity contribution in [3.63, 3.8) is 0 Å². The first-order valence-corrected chi connectivity index (χ1v) is 14.3. The van der Waals surface area contributed by atoms with E-state index in [9.17, 15) is 14.7 Å². The molecule has 0 aliphatic carbocycles. The highest BCUT2D eigenvalue weighted by molar-refractivity contribution is 9.11. The van der Waals surface area contributed by atoms with E-state index in [2.05, 4.69) is 42.5 Å². The van der Waals surface area contributed by atoms with Crippen molar-refractivity contribution in [1.29, 1.82) is 0 Å². The van der Waals surface area contributed by atoms with Crippen LogP contribution in [0.15, 0.2) is 86.7 Å². The first kappa shape index (κ1) is 29.6. The Morgan fingerprint density at radius 2 is 1.82 bits per heavy atom. The predicted molar refractivity (Wildman–Crippen MR) is 159 cm³/mol. The number of halogens is 2. The van der Waals surface area contributed by atoms with E-state index in [-0.39, 0.29) is 17.9 Å². The number of rotatable bonds is 10. The van der Waals surface area contributed by atoms with Gasteiger partial charge in [-0.3, -0.25) is 10.1 Å². The summed E-state index contributed by atoms with van der Waals surface area (Å²) >= 11 is 8.31. The number of carbonyl (C=O) groups excluding carboxylic acids is 2. The fourth-order valence-corrected chi connectivity index (χ4v) is 5.12. The van der Waals surface area contributed by atoms with Gasteiger partial charge in [0.2, 0.25) is 5.91 Å². The van der Waals surface area contributed by atoms with Crippen molar-refractivity contribution in [2.75, 3.05) is 29.2 Å². The van der Waals surface area contributed by atoms with Gasteiger partial charge in [0.25, 0.3) is 0 Å². The van der Waals surface area contributed by atoms with Gasteiger partial charge in [0.1, 0.15) is 11.9 Å². The number of carbonyl (C=O) groups is 2. The molecule has 3 rings (SSSR count). The molecule has 0 unspecified atom stereocenters. The summed E-state index contributed by atoms with van der Waals surface area (Å²) in [4.78, 5) is 26.6. The van der Waals surface area contributed by atoms with Crippen molar-refractivity contribution in [2.45, 2.75) is 24.0 Å². The number of ether oxygens (including phenoxy) is 2. The molecule has 11 heteroatoms. The Morgan fingerprint density at radius 1 is 1.11 bits per heavy atom. The fraction of sp³-hybridized carbons (Fsp3) is 0.185. The topological polar surface area (TPSA) is 123 Å². The van der Waals surface area contributed by atoms with Crippen molar-refractivity contribution in [2.24, 2.45) is 0 Å². The number of nitrogens with one attached hydrogen (secondary N) is 2. The maximum Gasteiger partial charge on any atom is 0.412 e. The molecule has 3 aromatic rings. The number of benzene rings is 3. The fourth-order valence-electron chi connectivity index (χ4n) is 3.45. The van der Waals surface area contributed by atoms with Crippen molar-refractivity contribution in [1.82, 2.24) is 0 Å². The second-order valence-electron chi connectivity index (χ2n) is 7.86. The van der Waals surface area contributed by atoms with Crippen LogP contribution in [0.5, 0.6) is 5.75 Å². The first-order chi connectivity index (χ1) is 18.2. The smallest absolute Gasteiger partial charge is 0.412 e. The monoisotopic (exact) mass is 663 g/mol. The second kappa shape index (κ2) is 14.2. The van der Waals surface area contributed by atoms with Gasteiger partial charge in [-0.2, -0.15) is 0 Å². The number of phenols is 1.